The Morgan fingerprint density at radius 3 is 2.56 bits per heavy atom. The van der Waals surface area contributed by atoms with Gasteiger partial charge in [-0.15, -0.1) is 0 Å². The van der Waals surface area contributed by atoms with Crippen LogP contribution < -0.4 is 14.8 Å². The number of hydrogen-bond donors (Lipinski definition) is 1. The highest BCUT2D eigenvalue weighted by atomic mass is 16.5. The fourth-order valence-corrected chi connectivity index (χ4v) is 3.87. The van der Waals surface area contributed by atoms with Crippen molar-refractivity contribution in [1.29, 1.82) is 0 Å². The summed E-state index contributed by atoms with van der Waals surface area (Å²) in [7, 11) is 3.16. The SMILES string of the molecule is COc1ccc(NC(=O)CCn2c(Cc3cccc(C)c3)nc3ccccc32)cc1OC. The number of nitrogens with zero attached hydrogens (tertiary/aromatic N) is 2. The number of anilines is 1. The topological polar surface area (TPSA) is 65.4 Å². The largest absolute Gasteiger partial charge is 0.493 e. The predicted octanol–water partition coefficient (Wildman–Crippen LogP) is 4.98. The van der Waals surface area contributed by atoms with Gasteiger partial charge in [0, 0.05) is 31.1 Å². The summed E-state index contributed by atoms with van der Waals surface area (Å²) < 4.78 is 12.7. The lowest BCUT2D eigenvalue weighted by molar-refractivity contribution is -0.116. The van der Waals surface area contributed by atoms with Crippen LogP contribution in [-0.2, 0) is 17.8 Å². The third-order valence-corrected chi connectivity index (χ3v) is 5.41. The summed E-state index contributed by atoms with van der Waals surface area (Å²) in [6.45, 7) is 2.63. The molecule has 0 aliphatic carbocycles. The van der Waals surface area contributed by atoms with Crippen molar-refractivity contribution in [2.45, 2.75) is 26.3 Å². The first kappa shape index (κ1) is 21.4. The number of carbonyl (C=O) groups excluding carboxylic acids is 1. The zero-order valence-corrected chi connectivity index (χ0v) is 18.6. The molecule has 0 unspecified atom stereocenters. The number of amides is 1. The van der Waals surface area contributed by atoms with E-state index < -0.39 is 0 Å². The van der Waals surface area contributed by atoms with Gasteiger partial charge in [0.25, 0.3) is 0 Å². The van der Waals surface area contributed by atoms with Gasteiger partial charge >= 0.3 is 0 Å². The maximum atomic E-state index is 12.7. The number of ether oxygens (including phenoxy) is 2. The molecule has 164 valence electrons. The minimum absolute atomic E-state index is 0.0727. The molecule has 6 nitrogen and oxygen atoms in total. The Labute approximate surface area is 187 Å². The number of nitrogens with one attached hydrogen (secondary N) is 1. The first-order valence-electron chi connectivity index (χ1n) is 10.6. The predicted molar refractivity (Wildman–Crippen MR) is 127 cm³/mol. The van der Waals surface area contributed by atoms with E-state index in [4.69, 9.17) is 14.5 Å². The molecule has 0 saturated carbocycles. The normalized spacial score (nSPS) is 10.8. The Hall–Kier alpha value is -3.80. The maximum absolute atomic E-state index is 12.7. The van der Waals surface area contributed by atoms with Crippen LogP contribution in [0.4, 0.5) is 5.69 Å². The van der Waals surface area contributed by atoms with Crippen LogP contribution in [0.3, 0.4) is 0 Å². The molecule has 1 heterocycles. The first-order valence-corrected chi connectivity index (χ1v) is 10.6. The van der Waals surface area contributed by atoms with Gasteiger partial charge in [-0.1, -0.05) is 42.0 Å². The van der Waals surface area contributed by atoms with E-state index in [0.717, 1.165) is 16.9 Å². The molecule has 4 rings (SSSR count). The smallest absolute Gasteiger partial charge is 0.226 e. The van der Waals surface area contributed by atoms with Crippen LogP contribution in [0, 0.1) is 6.92 Å². The average Bonchev–Trinajstić information content (AvgIpc) is 3.14. The van der Waals surface area contributed by atoms with Crippen molar-refractivity contribution in [2.75, 3.05) is 19.5 Å². The van der Waals surface area contributed by atoms with E-state index >= 15 is 0 Å². The Morgan fingerprint density at radius 1 is 0.969 bits per heavy atom. The van der Waals surface area contributed by atoms with Crippen LogP contribution in [0.25, 0.3) is 11.0 Å². The van der Waals surface area contributed by atoms with E-state index in [1.165, 1.54) is 11.1 Å². The van der Waals surface area contributed by atoms with Crippen LogP contribution in [0.15, 0.2) is 66.7 Å². The van der Waals surface area contributed by atoms with Crippen molar-refractivity contribution in [1.82, 2.24) is 9.55 Å². The quantitative estimate of drug-likeness (QED) is 0.429. The zero-order chi connectivity index (χ0) is 22.5. The number of aryl methyl sites for hydroxylation is 2. The highest BCUT2D eigenvalue weighted by Gasteiger charge is 2.13. The highest BCUT2D eigenvalue weighted by Crippen LogP contribution is 2.29. The summed E-state index contributed by atoms with van der Waals surface area (Å²) in [4.78, 5) is 17.5. The van der Waals surface area contributed by atoms with E-state index in [1.807, 2.05) is 24.3 Å². The van der Waals surface area contributed by atoms with Crippen LogP contribution in [0.5, 0.6) is 11.5 Å². The van der Waals surface area contributed by atoms with E-state index in [0.29, 0.717) is 36.6 Å². The van der Waals surface area contributed by atoms with Crippen molar-refractivity contribution in [3.8, 4) is 11.5 Å². The molecule has 3 aromatic carbocycles. The molecule has 1 amide bonds. The minimum Gasteiger partial charge on any atom is -0.493 e. The van der Waals surface area contributed by atoms with Crippen molar-refractivity contribution in [3.05, 3.63) is 83.7 Å². The van der Waals surface area contributed by atoms with Crippen LogP contribution in [0.1, 0.15) is 23.4 Å². The number of carbonyl (C=O) groups is 1. The minimum atomic E-state index is -0.0727. The fourth-order valence-electron chi connectivity index (χ4n) is 3.87. The maximum Gasteiger partial charge on any atom is 0.226 e. The summed E-state index contributed by atoms with van der Waals surface area (Å²) in [6.07, 6.45) is 1.04. The summed E-state index contributed by atoms with van der Waals surface area (Å²) in [5.74, 6) is 2.08. The summed E-state index contributed by atoms with van der Waals surface area (Å²) >= 11 is 0. The van der Waals surface area contributed by atoms with E-state index in [1.54, 1.807) is 32.4 Å². The lowest BCUT2D eigenvalue weighted by Gasteiger charge is -2.12. The molecule has 0 saturated heterocycles. The summed E-state index contributed by atoms with van der Waals surface area (Å²) in [5.41, 5.74) is 5.07. The van der Waals surface area contributed by atoms with Crippen LogP contribution >= 0.6 is 0 Å². The number of fused-ring (bicyclic) bond motifs is 1. The van der Waals surface area contributed by atoms with Crippen molar-refractivity contribution >= 4 is 22.6 Å². The lowest BCUT2D eigenvalue weighted by atomic mass is 10.1. The fraction of sp³-hybridized carbons (Fsp3) is 0.231. The van der Waals surface area contributed by atoms with Gasteiger partial charge in [-0.05, 0) is 36.8 Å². The second-order valence-corrected chi connectivity index (χ2v) is 7.70. The number of imidazole rings is 1. The van der Waals surface area contributed by atoms with Crippen molar-refractivity contribution in [3.63, 3.8) is 0 Å². The molecule has 1 aromatic heterocycles. The number of methoxy groups -OCH3 is 2. The number of benzene rings is 3. The molecular formula is C26H27N3O3. The third kappa shape index (κ3) is 4.75. The molecule has 0 atom stereocenters. The summed E-state index contributed by atoms with van der Waals surface area (Å²) in [6, 6.07) is 21.8. The van der Waals surface area contributed by atoms with Gasteiger partial charge in [-0.2, -0.15) is 0 Å². The molecule has 4 aromatic rings. The molecule has 0 radical (unpaired) electrons. The van der Waals surface area contributed by atoms with Gasteiger partial charge < -0.3 is 19.4 Å². The number of rotatable bonds is 8. The zero-order valence-electron chi connectivity index (χ0n) is 18.6. The van der Waals surface area contributed by atoms with Crippen LogP contribution in [-0.4, -0.2) is 29.7 Å². The average molecular weight is 430 g/mol. The van der Waals surface area contributed by atoms with Gasteiger partial charge in [-0.25, -0.2) is 4.98 Å². The van der Waals surface area contributed by atoms with Crippen molar-refractivity contribution in [2.24, 2.45) is 0 Å². The Bertz CT molecular complexity index is 1250. The molecule has 32 heavy (non-hydrogen) atoms. The number of hydrogen-bond acceptors (Lipinski definition) is 4. The van der Waals surface area contributed by atoms with Gasteiger partial charge in [0.1, 0.15) is 5.82 Å². The first-order chi connectivity index (χ1) is 15.6. The lowest BCUT2D eigenvalue weighted by Crippen LogP contribution is -2.16. The number of aromatic nitrogens is 2. The van der Waals surface area contributed by atoms with Gasteiger partial charge in [0.2, 0.25) is 5.91 Å². The van der Waals surface area contributed by atoms with Gasteiger partial charge in [0.15, 0.2) is 11.5 Å². The van der Waals surface area contributed by atoms with Gasteiger partial charge in [-0.3, -0.25) is 4.79 Å². The van der Waals surface area contributed by atoms with Gasteiger partial charge in [0.05, 0.1) is 25.3 Å². The standard InChI is InChI=1S/C26H27N3O3/c1-18-7-6-8-19(15-18)16-25-28-21-9-4-5-10-22(21)29(25)14-13-26(30)27-20-11-12-23(31-2)24(17-20)32-3/h4-12,15,17H,13-14,16H2,1-3H3,(H,27,30). The highest BCUT2D eigenvalue weighted by molar-refractivity contribution is 5.91. The molecular weight excluding hydrogens is 402 g/mol. The molecule has 6 heteroatoms. The molecule has 0 aliphatic rings. The van der Waals surface area contributed by atoms with E-state index in [9.17, 15) is 4.79 Å². The third-order valence-electron chi connectivity index (χ3n) is 5.41. The Morgan fingerprint density at radius 2 is 1.78 bits per heavy atom. The second kappa shape index (κ2) is 9.56. The van der Waals surface area contributed by atoms with E-state index in [2.05, 4.69) is 41.1 Å². The molecule has 0 spiro atoms. The monoisotopic (exact) mass is 429 g/mol. The summed E-state index contributed by atoms with van der Waals surface area (Å²) in [5, 5.41) is 2.95. The Kier molecular flexibility index (Phi) is 6.40. The second-order valence-electron chi connectivity index (χ2n) is 7.70. The molecule has 0 aliphatic heterocycles. The van der Waals surface area contributed by atoms with E-state index in [-0.39, 0.29) is 5.91 Å². The molecule has 0 fully saturated rings. The molecule has 0 bridgehead atoms. The Balaban J connectivity index is 1.51. The van der Waals surface area contributed by atoms with Crippen LogP contribution in [0.2, 0.25) is 0 Å². The molecule has 1 N–H and O–H groups in total. The van der Waals surface area contributed by atoms with Crippen molar-refractivity contribution < 1.29 is 14.3 Å². The number of para-hydroxylation sites is 2.